The zero-order valence-corrected chi connectivity index (χ0v) is 10.1. The SMILES string of the molecule is CC(=O)NCCC(O)C(O)c1ccc(Cl)nn1. The maximum absolute atomic E-state index is 10.6. The highest BCUT2D eigenvalue weighted by molar-refractivity contribution is 6.29. The largest absolute Gasteiger partial charge is 0.390 e. The second-order valence-electron chi connectivity index (χ2n) is 3.56. The van der Waals surface area contributed by atoms with Crippen molar-refractivity contribution in [2.75, 3.05) is 6.54 Å². The van der Waals surface area contributed by atoms with Crippen LogP contribution < -0.4 is 5.32 Å². The summed E-state index contributed by atoms with van der Waals surface area (Å²) >= 11 is 5.55. The molecule has 94 valence electrons. The van der Waals surface area contributed by atoms with Gasteiger partial charge in [-0.25, -0.2) is 0 Å². The van der Waals surface area contributed by atoms with Gasteiger partial charge in [0.25, 0.3) is 0 Å². The third kappa shape index (κ3) is 4.64. The lowest BCUT2D eigenvalue weighted by molar-refractivity contribution is -0.119. The van der Waals surface area contributed by atoms with Crippen molar-refractivity contribution in [3.63, 3.8) is 0 Å². The number of carbonyl (C=O) groups is 1. The van der Waals surface area contributed by atoms with Crippen LogP contribution in [0.15, 0.2) is 12.1 Å². The number of nitrogens with zero attached hydrogens (tertiary/aromatic N) is 2. The third-order valence-electron chi connectivity index (χ3n) is 2.13. The van der Waals surface area contributed by atoms with E-state index >= 15 is 0 Å². The van der Waals surface area contributed by atoms with Crippen molar-refractivity contribution >= 4 is 17.5 Å². The Kier molecular flexibility index (Phi) is 5.27. The zero-order chi connectivity index (χ0) is 12.8. The fraction of sp³-hybridized carbons (Fsp3) is 0.500. The van der Waals surface area contributed by atoms with Crippen molar-refractivity contribution in [2.24, 2.45) is 0 Å². The third-order valence-corrected chi connectivity index (χ3v) is 2.34. The Morgan fingerprint density at radius 2 is 2.18 bits per heavy atom. The maximum atomic E-state index is 10.6. The van der Waals surface area contributed by atoms with Gasteiger partial charge in [-0.1, -0.05) is 11.6 Å². The van der Waals surface area contributed by atoms with Gasteiger partial charge in [-0.05, 0) is 18.6 Å². The summed E-state index contributed by atoms with van der Waals surface area (Å²) in [5.41, 5.74) is 0.240. The van der Waals surface area contributed by atoms with E-state index in [-0.39, 0.29) is 29.7 Å². The average molecular weight is 260 g/mol. The molecule has 0 aliphatic carbocycles. The molecule has 17 heavy (non-hydrogen) atoms. The summed E-state index contributed by atoms with van der Waals surface area (Å²) in [6.45, 7) is 1.67. The lowest BCUT2D eigenvalue weighted by atomic mass is 10.1. The molecule has 2 atom stereocenters. The smallest absolute Gasteiger partial charge is 0.216 e. The molecular formula is C10H14ClN3O3. The van der Waals surface area contributed by atoms with Crippen LogP contribution in [0.5, 0.6) is 0 Å². The number of rotatable bonds is 5. The van der Waals surface area contributed by atoms with Gasteiger partial charge in [0, 0.05) is 13.5 Å². The molecule has 0 spiro atoms. The van der Waals surface area contributed by atoms with E-state index in [4.69, 9.17) is 11.6 Å². The molecule has 1 amide bonds. The summed E-state index contributed by atoms with van der Waals surface area (Å²) in [4.78, 5) is 10.6. The van der Waals surface area contributed by atoms with Crippen LogP contribution in [0, 0.1) is 0 Å². The summed E-state index contributed by atoms with van der Waals surface area (Å²) in [5, 5.41) is 29.4. The first-order valence-electron chi connectivity index (χ1n) is 5.10. The molecule has 0 bridgehead atoms. The predicted octanol–water partition coefficient (Wildman–Crippen LogP) is 0.0505. The predicted molar refractivity (Wildman–Crippen MR) is 61.3 cm³/mol. The number of aliphatic hydroxyl groups is 2. The second kappa shape index (κ2) is 6.48. The van der Waals surface area contributed by atoms with Gasteiger partial charge in [-0.3, -0.25) is 4.79 Å². The molecule has 0 aromatic carbocycles. The standard InChI is InChI=1S/C10H14ClN3O3/c1-6(15)12-5-4-8(16)10(17)7-2-3-9(11)14-13-7/h2-3,8,10,16-17H,4-5H2,1H3,(H,12,15). The Labute approximate surface area is 104 Å². The lowest BCUT2D eigenvalue weighted by Gasteiger charge is -2.16. The van der Waals surface area contributed by atoms with E-state index < -0.39 is 12.2 Å². The van der Waals surface area contributed by atoms with Crippen molar-refractivity contribution in [3.05, 3.63) is 23.0 Å². The van der Waals surface area contributed by atoms with Crippen LogP contribution in [0.2, 0.25) is 5.15 Å². The summed E-state index contributed by atoms with van der Waals surface area (Å²) in [6.07, 6.45) is -1.93. The van der Waals surface area contributed by atoms with Crippen LogP contribution in [-0.4, -0.2) is 39.0 Å². The Balaban J connectivity index is 2.48. The number of aliphatic hydroxyl groups excluding tert-OH is 2. The Morgan fingerprint density at radius 3 is 2.71 bits per heavy atom. The van der Waals surface area contributed by atoms with Crippen molar-refractivity contribution < 1.29 is 15.0 Å². The molecule has 1 rings (SSSR count). The first-order chi connectivity index (χ1) is 8.00. The van der Waals surface area contributed by atoms with Crippen molar-refractivity contribution in [1.82, 2.24) is 15.5 Å². The molecule has 0 radical (unpaired) electrons. The molecule has 7 heteroatoms. The minimum atomic E-state index is -1.14. The van der Waals surface area contributed by atoms with E-state index in [0.29, 0.717) is 0 Å². The minimum Gasteiger partial charge on any atom is -0.390 e. The van der Waals surface area contributed by atoms with Gasteiger partial charge in [0.05, 0.1) is 11.8 Å². The molecule has 6 nitrogen and oxygen atoms in total. The van der Waals surface area contributed by atoms with Gasteiger partial charge in [0.15, 0.2) is 5.15 Å². The van der Waals surface area contributed by atoms with E-state index in [1.807, 2.05) is 0 Å². The van der Waals surface area contributed by atoms with E-state index in [2.05, 4.69) is 15.5 Å². The molecule has 0 fully saturated rings. The molecule has 0 aliphatic heterocycles. The number of nitrogens with one attached hydrogen (secondary N) is 1. The maximum Gasteiger partial charge on any atom is 0.216 e. The van der Waals surface area contributed by atoms with E-state index in [0.717, 1.165) is 0 Å². The summed E-state index contributed by atoms with van der Waals surface area (Å²) in [5.74, 6) is -0.182. The first-order valence-corrected chi connectivity index (χ1v) is 5.48. The van der Waals surface area contributed by atoms with E-state index in [1.54, 1.807) is 0 Å². The van der Waals surface area contributed by atoms with Gasteiger partial charge in [-0.15, -0.1) is 5.10 Å². The number of carbonyl (C=O) groups excluding carboxylic acids is 1. The van der Waals surface area contributed by atoms with Gasteiger partial charge in [0.1, 0.15) is 6.10 Å². The summed E-state index contributed by atoms with van der Waals surface area (Å²) in [6, 6.07) is 2.97. The monoisotopic (exact) mass is 259 g/mol. The highest BCUT2D eigenvalue weighted by Crippen LogP contribution is 2.16. The lowest BCUT2D eigenvalue weighted by Crippen LogP contribution is -2.28. The number of halogens is 1. The van der Waals surface area contributed by atoms with Crippen molar-refractivity contribution in [3.8, 4) is 0 Å². The molecule has 0 saturated carbocycles. The quantitative estimate of drug-likeness (QED) is 0.695. The minimum absolute atomic E-state index is 0.182. The van der Waals surface area contributed by atoms with Crippen LogP contribution >= 0.6 is 11.6 Å². The summed E-state index contributed by atoms with van der Waals surface area (Å²) in [7, 11) is 0. The summed E-state index contributed by atoms with van der Waals surface area (Å²) < 4.78 is 0. The van der Waals surface area contributed by atoms with Crippen LogP contribution in [0.25, 0.3) is 0 Å². The molecule has 3 N–H and O–H groups in total. The number of hydrogen-bond acceptors (Lipinski definition) is 5. The number of aromatic nitrogens is 2. The van der Waals surface area contributed by atoms with Gasteiger partial charge in [0.2, 0.25) is 5.91 Å². The van der Waals surface area contributed by atoms with E-state index in [9.17, 15) is 15.0 Å². The number of hydrogen-bond donors (Lipinski definition) is 3. The first kappa shape index (κ1) is 13.8. The highest BCUT2D eigenvalue weighted by atomic mass is 35.5. The van der Waals surface area contributed by atoms with Crippen LogP contribution in [-0.2, 0) is 4.79 Å². The fourth-order valence-electron chi connectivity index (χ4n) is 1.24. The molecular weight excluding hydrogens is 246 g/mol. The average Bonchev–Trinajstić information content (AvgIpc) is 2.28. The van der Waals surface area contributed by atoms with Crippen LogP contribution in [0.1, 0.15) is 25.1 Å². The zero-order valence-electron chi connectivity index (χ0n) is 9.30. The van der Waals surface area contributed by atoms with Crippen LogP contribution in [0.3, 0.4) is 0 Å². The Morgan fingerprint density at radius 1 is 1.47 bits per heavy atom. The highest BCUT2D eigenvalue weighted by Gasteiger charge is 2.19. The Bertz CT molecular complexity index is 372. The van der Waals surface area contributed by atoms with E-state index in [1.165, 1.54) is 19.1 Å². The van der Waals surface area contributed by atoms with Gasteiger partial charge >= 0.3 is 0 Å². The van der Waals surface area contributed by atoms with Crippen molar-refractivity contribution in [1.29, 1.82) is 0 Å². The molecule has 1 heterocycles. The normalized spacial score (nSPS) is 14.1. The fourth-order valence-corrected chi connectivity index (χ4v) is 1.34. The number of amides is 1. The molecule has 0 aliphatic rings. The second-order valence-corrected chi connectivity index (χ2v) is 3.95. The molecule has 1 aromatic heterocycles. The molecule has 0 saturated heterocycles. The Hall–Kier alpha value is -1.24. The van der Waals surface area contributed by atoms with Gasteiger partial charge in [-0.2, -0.15) is 5.10 Å². The molecule has 2 unspecified atom stereocenters. The topological polar surface area (TPSA) is 95.3 Å². The van der Waals surface area contributed by atoms with Crippen molar-refractivity contribution in [2.45, 2.75) is 25.6 Å². The van der Waals surface area contributed by atoms with Gasteiger partial charge < -0.3 is 15.5 Å². The molecule has 1 aromatic rings. The van der Waals surface area contributed by atoms with Crippen LogP contribution in [0.4, 0.5) is 0 Å².